The van der Waals surface area contributed by atoms with Gasteiger partial charge < -0.3 is 5.73 Å². The lowest BCUT2D eigenvalue weighted by atomic mass is 10.2. The number of hydrogen-bond acceptors (Lipinski definition) is 3. The molecule has 1 aromatic rings. The fraction of sp³-hybridized carbons (Fsp3) is 0.143. The Kier molecular flexibility index (Phi) is 2.51. The maximum Gasteiger partial charge on any atom is 0.294 e. The number of benzene rings is 1. The summed E-state index contributed by atoms with van der Waals surface area (Å²) in [4.78, 5) is -0.214. The van der Waals surface area contributed by atoms with Crippen molar-refractivity contribution in [2.45, 2.75) is 11.8 Å². The molecule has 0 radical (unpaired) electrons. The summed E-state index contributed by atoms with van der Waals surface area (Å²) in [6, 6.07) is 2.52. The highest BCUT2D eigenvalue weighted by atomic mass is 35.5. The van der Waals surface area contributed by atoms with E-state index >= 15 is 0 Å². The standard InChI is InChI=1S/C7H8ClNO3S/c1-4-2-5(8)6(9)3-7(4)13(10,11)12/h2-3H,9H2,1H3,(H,10,11,12). The van der Waals surface area contributed by atoms with Gasteiger partial charge in [-0.25, -0.2) is 0 Å². The van der Waals surface area contributed by atoms with Gasteiger partial charge in [-0.2, -0.15) is 8.42 Å². The normalized spacial score (nSPS) is 11.6. The number of nitrogen functional groups attached to an aromatic ring is 1. The molecule has 0 bridgehead atoms. The van der Waals surface area contributed by atoms with Crippen LogP contribution in [0.3, 0.4) is 0 Å². The minimum atomic E-state index is -4.21. The van der Waals surface area contributed by atoms with Crippen LogP contribution < -0.4 is 5.73 Å². The van der Waals surface area contributed by atoms with Gasteiger partial charge in [0.25, 0.3) is 10.1 Å². The molecule has 3 N–H and O–H groups in total. The summed E-state index contributed by atoms with van der Waals surface area (Å²) in [7, 11) is -4.21. The Balaban J connectivity index is 3.50. The molecule has 0 heterocycles. The molecule has 0 aliphatic carbocycles. The molecule has 0 fully saturated rings. The van der Waals surface area contributed by atoms with E-state index in [1.54, 1.807) is 0 Å². The first-order valence-electron chi connectivity index (χ1n) is 3.35. The zero-order chi connectivity index (χ0) is 10.2. The largest absolute Gasteiger partial charge is 0.397 e. The van der Waals surface area contributed by atoms with Gasteiger partial charge in [0.15, 0.2) is 0 Å². The van der Waals surface area contributed by atoms with Crippen molar-refractivity contribution >= 4 is 27.4 Å². The van der Waals surface area contributed by atoms with Crippen LogP contribution in [0.5, 0.6) is 0 Å². The molecule has 0 atom stereocenters. The second kappa shape index (κ2) is 3.17. The molecule has 0 aliphatic rings. The molecule has 0 aliphatic heterocycles. The number of anilines is 1. The van der Waals surface area contributed by atoms with Crippen molar-refractivity contribution in [3.63, 3.8) is 0 Å². The first-order valence-corrected chi connectivity index (χ1v) is 5.17. The van der Waals surface area contributed by atoms with Gasteiger partial charge in [0, 0.05) is 0 Å². The molecule has 1 aromatic carbocycles. The van der Waals surface area contributed by atoms with E-state index in [-0.39, 0.29) is 15.6 Å². The molecule has 72 valence electrons. The lowest BCUT2D eigenvalue weighted by Gasteiger charge is -2.04. The quantitative estimate of drug-likeness (QED) is 0.556. The first kappa shape index (κ1) is 10.3. The molecule has 0 spiro atoms. The summed E-state index contributed by atoms with van der Waals surface area (Å²) in [5.41, 5.74) is 5.87. The van der Waals surface area contributed by atoms with Crippen LogP contribution in [0.25, 0.3) is 0 Å². The van der Waals surface area contributed by atoms with E-state index in [1.165, 1.54) is 13.0 Å². The lowest BCUT2D eigenvalue weighted by molar-refractivity contribution is 0.482. The van der Waals surface area contributed by atoms with Crippen LogP contribution in [0.2, 0.25) is 5.02 Å². The van der Waals surface area contributed by atoms with Gasteiger partial charge in [-0.1, -0.05) is 11.6 Å². The molecule has 13 heavy (non-hydrogen) atoms. The maximum atomic E-state index is 10.8. The molecule has 0 saturated heterocycles. The summed E-state index contributed by atoms with van der Waals surface area (Å²) in [5, 5.41) is 0.268. The predicted octanol–water partition coefficient (Wildman–Crippen LogP) is 1.48. The number of rotatable bonds is 1. The summed E-state index contributed by atoms with van der Waals surface area (Å²) in [6.07, 6.45) is 0. The Labute approximate surface area is 81.1 Å². The second-order valence-electron chi connectivity index (χ2n) is 2.61. The highest BCUT2D eigenvalue weighted by Crippen LogP contribution is 2.25. The van der Waals surface area contributed by atoms with Gasteiger partial charge in [0.2, 0.25) is 0 Å². The third kappa shape index (κ3) is 2.12. The van der Waals surface area contributed by atoms with E-state index in [0.29, 0.717) is 5.56 Å². The molecule has 0 saturated carbocycles. The van der Waals surface area contributed by atoms with E-state index < -0.39 is 10.1 Å². The lowest BCUT2D eigenvalue weighted by Crippen LogP contribution is -2.02. The van der Waals surface area contributed by atoms with Crippen molar-refractivity contribution in [3.8, 4) is 0 Å². The van der Waals surface area contributed by atoms with Gasteiger partial charge in [-0.05, 0) is 24.6 Å². The number of halogens is 1. The van der Waals surface area contributed by atoms with Crippen molar-refractivity contribution in [2.24, 2.45) is 0 Å². The fourth-order valence-electron chi connectivity index (χ4n) is 0.946. The Morgan fingerprint density at radius 3 is 2.46 bits per heavy atom. The molecule has 1 rings (SSSR count). The van der Waals surface area contributed by atoms with Crippen molar-refractivity contribution in [1.29, 1.82) is 0 Å². The molecule has 0 aromatic heterocycles. The minimum Gasteiger partial charge on any atom is -0.397 e. The third-order valence-corrected chi connectivity index (χ3v) is 2.90. The number of hydrogen-bond donors (Lipinski definition) is 2. The number of nitrogens with two attached hydrogens (primary N) is 1. The van der Waals surface area contributed by atoms with E-state index in [4.69, 9.17) is 21.9 Å². The van der Waals surface area contributed by atoms with Gasteiger partial charge in [0.05, 0.1) is 15.6 Å². The summed E-state index contributed by atoms with van der Waals surface area (Å²) < 4.78 is 30.3. The highest BCUT2D eigenvalue weighted by molar-refractivity contribution is 7.85. The van der Waals surface area contributed by atoms with Crippen molar-refractivity contribution in [1.82, 2.24) is 0 Å². The van der Waals surface area contributed by atoms with Gasteiger partial charge in [-0.3, -0.25) is 4.55 Å². The molecular weight excluding hydrogens is 214 g/mol. The molecule has 6 heteroatoms. The topological polar surface area (TPSA) is 80.4 Å². The molecule has 4 nitrogen and oxygen atoms in total. The SMILES string of the molecule is Cc1cc(Cl)c(N)cc1S(=O)(=O)O. The van der Waals surface area contributed by atoms with E-state index in [0.717, 1.165) is 6.07 Å². The summed E-state index contributed by atoms with van der Waals surface area (Å²) in [5.74, 6) is 0. The van der Waals surface area contributed by atoms with E-state index in [1.807, 2.05) is 0 Å². The van der Waals surface area contributed by atoms with Crippen LogP contribution in [-0.2, 0) is 10.1 Å². The number of aryl methyl sites for hydroxylation is 1. The zero-order valence-electron chi connectivity index (χ0n) is 6.78. The molecule has 0 unspecified atom stereocenters. The zero-order valence-corrected chi connectivity index (χ0v) is 8.35. The average molecular weight is 222 g/mol. The van der Waals surface area contributed by atoms with Gasteiger partial charge in [0.1, 0.15) is 0 Å². The Hall–Kier alpha value is -0.780. The Morgan fingerprint density at radius 1 is 1.46 bits per heavy atom. The van der Waals surface area contributed by atoms with Gasteiger partial charge >= 0.3 is 0 Å². The monoisotopic (exact) mass is 221 g/mol. The Bertz CT molecular complexity index is 441. The molecule has 0 amide bonds. The third-order valence-electron chi connectivity index (χ3n) is 1.57. The van der Waals surface area contributed by atoms with Crippen molar-refractivity contribution in [3.05, 3.63) is 22.7 Å². The molecular formula is C7H8ClNO3S. The van der Waals surface area contributed by atoms with E-state index in [9.17, 15) is 8.42 Å². The van der Waals surface area contributed by atoms with Gasteiger partial charge in [-0.15, -0.1) is 0 Å². The highest BCUT2D eigenvalue weighted by Gasteiger charge is 2.14. The van der Waals surface area contributed by atoms with Crippen molar-refractivity contribution < 1.29 is 13.0 Å². The van der Waals surface area contributed by atoms with Crippen LogP contribution in [0.1, 0.15) is 5.56 Å². The average Bonchev–Trinajstić information content (AvgIpc) is 1.94. The van der Waals surface area contributed by atoms with Crippen LogP contribution in [0, 0.1) is 6.92 Å². The fourth-order valence-corrected chi connectivity index (χ4v) is 1.91. The van der Waals surface area contributed by atoms with Crippen molar-refractivity contribution in [2.75, 3.05) is 5.73 Å². The Morgan fingerprint density at radius 2 is 2.00 bits per heavy atom. The smallest absolute Gasteiger partial charge is 0.294 e. The maximum absolute atomic E-state index is 10.8. The van der Waals surface area contributed by atoms with Crippen LogP contribution in [-0.4, -0.2) is 13.0 Å². The second-order valence-corrected chi connectivity index (χ2v) is 4.41. The minimum absolute atomic E-state index is 0.125. The summed E-state index contributed by atoms with van der Waals surface area (Å²) in [6.45, 7) is 1.52. The predicted molar refractivity (Wildman–Crippen MR) is 50.4 cm³/mol. The van der Waals surface area contributed by atoms with Crippen LogP contribution in [0.4, 0.5) is 5.69 Å². The van der Waals surface area contributed by atoms with Crippen LogP contribution in [0.15, 0.2) is 17.0 Å². The van der Waals surface area contributed by atoms with Crippen LogP contribution >= 0.6 is 11.6 Å². The first-order chi connectivity index (χ1) is 5.82. The summed E-state index contributed by atoms with van der Waals surface area (Å²) >= 11 is 5.63. The van der Waals surface area contributed by atoms with E-state index in [2.05, 4.69) is 0 Å².